The van der Waals surface area contributed by atoms with E-state index in [9.17, 15) is 24.0 Å². The summed E-state index contributed by atoms with van der Waals surface area (Å²) in [5, 5.41) is 9.53. The van der Waals surface area contributed by atoms with Crippen molar-refractivity contribution in [2.45, 2.75) is 63.1 Å². The number of piperazine rings is 1. The fourth-order valence-corrected chi connectivity index (χ4v) is 8.53. The highest BCUT2D eigenvalue weighted by Gasteiger charge is 2.46. The second-order valence-electron chi connectivity index (χ2n) is 14.2. The molecule has 0 spiro atoms. The zero-order valence-electron chi connectivity index (χ0n) is 28.9. The summed E-state index contributed by atoms with van der Waals surface area (Å²) < 4.78 is 21.1. The average molecular weight is 713 g/mol. The number of hydrogen-bond acceptors (Lipinski definition) is 10. The highest BCUT2D eigenvalue weighted by Crippen LogP contribution is 2.39. The molecule has 2 N–H and O–H groups in total. The first-order chi connectivity index (χ1) is 25.2. The normalized spacial score (nSPS) is 24.0. The Morgan fingerprint density at radius 2 is 1.65 bits per heavy atom. The van der Waals surface area contributed by atoms with E-state index in [1.807, 2.05) is 41.4 Å². The molecule has 0 bridgehead atoms. The van der Waals surface area contributed by atoms with Crippen molar-refractivity contribution in [1.29, 1.82) is 0 Å². The quantitative estimate of drug-likeness (QED) is 0.332. The van der Waals surface area contributed by atoms with Crippen molar-refractivity contribution >= 4 is 29.5 Å². The molecule has 1 aromatic heterocycles. The van der Waals surface area contributed by atoms with Crippen molar-refractivity contribution in [1.82, 2.24) is 40.0 Å². The van der Waals surface area contributed by atoms with Gasteiger partial charge in [0, 0.05) is 76.5 Å². The number of H-pyrrole nitrogens is 1. The van der Waals surface area contributed by atoms with Crippen LogP contribution >= 0.6 is 0 Å². The van der Waals surface area contributed by atoms with Crippen LogP contribution in [0.2, 0.25) is 0 Å². The molecule has 3 saturated heterocycles. The molecule has 6 heterocycles. The number of aromatic nitrogens is 2. The zero-order chi connectivity index (χ0) is 36.1. The van der Waals surface area contributed by atoms with Crippen LogP contribution in [0.5, 0.6) is 0 Å². The predicted octanol–water partition coefficient (Wildman–Crippen LogP) is 1.96. The van der Waals surface area contributed by atoms with Crippen LogP contribution in [0.25, 0.3) is 0 Å². The molecule has 3 atom stereocenters. The van der Waals surface area contributed by atoms with E-state index in [0.29, 0.717) is 31.2 Å². The number of halogens is 1. The Morgan fingerprint density at radius 3 is 2.35 bits per heavy atom. The van der Waals surface area contributed by atoms with E-state index in [-0.39, 0.29) is 42.6 Å². The van der Waals surface area contributed by atoms with Gasteiger partial charge >= 0.3 is 0 Å². The average Bonchev–Trinajstić information content (AvgIpc) is 3.82. The number of piperidine rings is 2. The smallest absolute Gasteiger partial charge is 0.262 e. The van der Waals surface area contributed by atoms with Crippen LogP contribution in [0.3, 0.4) is 0 Å². The first kappa shape index (κ1) is 34.3. The molecular weight excluding hydrogens is 671 g/mol. The second-order valence-corrected chi connectivity index (χ2v) is 14.2. The largest absolute Gasteiger partial charge is 0.367 e. The van der Waals surface area contributed by atoms with Gasteiger partial charge in [0.05, 0.1) is 29.6 Å². The number of methoxy groups -OCH3 is 1. The van der Waals surface area contributed by atoms with Crippen LogP contribution in [0.15, 0.2) is 48.7 Å². The van der Waals surface area contributed by atoms with Crippen molar-refractivity contribution in [3.8, 4) is 0 Å². The molecule has 5 aliphatic heterocycles. The van der Waals surface area contributed by atoms with Gasteiger partial charge in [-0.1, -0.05) is 30.3 Å². The lowest BCUT2D eigenvalue weighted by Gasteiger charge is -2.45. The molecule has 8 rings (SSSR count). The van der Waals surface area contributed by atoms with Crippen LogP contribution in [0.4, 0.5) is 4.39 Å². The maximum atomic E-state index is 15.3. The van der Waals surface area contributed by atoms with Crippen LogP contribution < -0.4 is 5.32 Å². The number of nitrogens with zero attached hydrogens (tertiary/aromatic N) is 6. The van der Waals surface area contributed by atoms with Crippen molar-refractivity contribution in [2.24, 2.45) is 0 Å². The van der Waals surface area contributed by atoms with Gasteiger partial charge in [0.25, 0.3) is 17.7 Å². The summed E-state index contributed by atoms with van der Waals surface area (Å²) in [6.07, 6.45) is 2.85. The minimum atomic E-state index is -1.10. The van der Waals surface area contributed by atoms with Gasteiger partial charge in [-0.15, -0.1) is 0 Å². The number of carbonyl (C=O) groups is 5. The first-order valence-electron chi connectivity index (χ1n) is 17.9. The van der Waals surface area contributed by atoms with Gasteiger partial charge < -0.3 is 9.64 Å². The van der Waals surface area contributed by atoms with E-state index in [2.05, 4.69) is 30.2 Å². The lowest BCUT2D eigenvalue weighted by Crippen LogP contribution is -2.54. The zero-order valence-corrected chi connectivity index (χ0v) is 28.9. The summed E-state index contributed by atoms with van der Waals surface area (Å²) in [6.45, 7) is 5.41. The molecule has 3 aromatic rings. The molecule has 15 heteroatoms. The Labute approximate surface area is 299 Å². The van der Waals surface area contributed by atoms with Crippen LogP contribution in [-0.4, -0.2) is 123 Å². The standard InChI is InChI=1S/C37H41FN8O6/c1-52-32(22-5-3-2-4-6-22)37(51)45-21-29-27(19-39-41-29)34(45)44-11-9-24(10-12-44)43-15-13-42(14-16-43)20-23-17-25-26(18-28(23)38)36(50)46(35(25)49)30-7-8-31(47)40-33(30)48/h2-6,17-19,24,30,32,34H,7-16,20-21H2,1H3,(H,39,41)(H,40,47,48)/t30?,32-,34?/m1/s1. The predicted molar refractivity (Wildman–Crippen MR) is 183 cm³/mol. The number of imide groups is 2. The van der Waals surface area contributed by atoms with Crippen molar-refractivity contribution in [3.63, 3.8) is 0 Å². The van der Waals surface area contributed by atoms with E-state index in [1.165, 1.54) is 6.07 Å². The molecule has 0 radical (unpaired) electrons. The number of carbonyl (C=O) groups excluding carboxylic acids is 5. The van der Waals surface area contributed by atoms with E-state index in [1.54, 1.807) is 7.11 Å². The molecule has 2 unspecified atom stereocenters. The number of amides is 5. The number of nitrogens with one attached hydrogen (secondary N) is 2. The number of ether oxygens (including phenoxy) is 1. The van der Waals surface area contributed by atoms with Crippen molar-refractivity contribution < 1.29 is 33.1 Å². The Hall–Kier alpha value is -4.83. The summed E-state index contributed by atoms with van der Waals surface area (Å²) >= 11 is 0. The fraction of sp³-hybridized carbons (Fsp3) is 0.459. The highest BCUT2D eigenvalue weighted by atomic mass is 19.1. The third-order valence-electron chi connectivity index (χ3n) is 11.3. The molecule has 14 nitrogen and oxygen atoms in total. The first-order valence-corrected chi connectivity index (χ1v) is 17.9. The number of benzene rings is 2. The Morgan fingerprint density at radius 1 is 0.942 bits per heavy atom. The van der Waals surface area contributed by atoms with Crippen LogP contribution in [0.1, 0.15) is 81.1 Å². The summed E-state index contributed by atoms with van der Waals surface area (Å²) in [7, 11) is 1.57. The second kappa shape index (κ2) is 14.0. The molecule has 272 valence electrons. The molecule has 5 amide bonds. The van der Waals surface area contributed by atoms with E-state index < -0.39 is 41.6 Å². The van der Waals surface area contributed by atoms with Gasteiger partial charge in [-0.05, 0) is 37.0 Å². The summed E-state index contributed by atoms with van der Waals surface area (Å²) in [5.41, 5.74) is 3.14. The molecule has 2 aromatic carbocycles. The van der Waals surface area contributed by atoms with Gasteiger partial charge in [0.15, 0.2) is 6.10 Å². The maximum Gasteiger partial charge on any atom is 0.262 e. The van der Waals surface area contributed by atoms with Gasteiger partial charge in [-0.2, -0.15) is 5.10 Å². The monoisotopic (exact) mass is 712 g/mol. The minimum absolute atomic E-state index is 0.0191. The van der Waals surface area contributed by atoms with Gasteiger partial charge in [0.1, 0.15) is 18.0 Å². The van der Waals surface area contributed by atoms with Gasteiger partial charge in [-0.25, -0.2) is 4.39 Å². The number of rotatable bonds is 8. The highest BCUT2D eigenvalue weighted by molar-refractivity contribution is 6.23. The Bertz CT molecular complexity index is 1900. The molecule has 3 fully saturated rings. The maximum absolute atomic E-state index is 15.3. The lowest BCUT2D eigenvalue weighted by molar-refractivity contribution is -0.150. The molecule has 52 heavy (non-hydrogen) atoms. The van der Waals surface area contributed by atoms with Crippen molar-refractivity contribution in [3.05, 3.63) is 88.0 Å². The topological polar surface area (TPSA) is 151 Å². The van der Waals surface area contributed by atoms with Gasteiger partial charge in [-0.3, -0.25) is 54.0 Å². The molecule has 0 aliphatic carbocycles. The number of likely N-dealkylation sites (tertiary alicyclic amines) is 1. The van der Waals surface area contributed by atoms with Crippen molar-refractivity contribution in [2.75, 3.05) is 46.4 Å². The molecular formula is C37H41FN8O6. The van der Waals surface area contributed by atoms with E-state index >= 15 is 4.39 Å². The van der Waals surface area contributed by atoms with E-state index in [4.69, 9.17) is 4.74 Å². The molecule has 5 aliphatic rings. The Balaban J connectivity index is 0.872. The third-order valence-corrected chi connectivity index (χ3v) is 11.3. The fourth-order valence-electron chi connectivity index (χ4n) is 8.53. The minimum Gasteiger partial charge on any atom is -0.367 e. The SMILES string of the molecule is CO[C@@H](C(=O)N1Cc2[nH]ncc2C1N1CCC(N2CCN(Cc3cc4c(cc3F)C(=O)N(C3CCC(=O)NC3=O)C4=O)CC2)CC1)c1ccccc1. The number of fused-ring (bicyclic) bond motifs is 2. The summed E-state index contributed by atoms with van der Waals surface area (Å²) in [5.74, 6) is -3.16. The van der Waals surface area contributed by atoms with E-state index in [0.717, 1.165) is 66.8 Å². The van der Waals surface area contributed by atoms with Crippen LogP contribution in [0, 0.1) is 5.82 Å². The Kier molecular flexibility index (Phi) is 9.19. The van der Waals surface area contributed by atoms with Gasteiger partial charge in [0.2, 0.25) is 11.8 Å². The lowest BCUT2D eigenvalue weighted by atomic mass is 10.0. The van der Waals surface area contributed by atoms with Crippen LogP contribution in [-0.2, 0) is 32.2 Å². The summed E-state index contributed by atoms with van der Waals surface area (Å²) in [4.78, 5) is 74.1. The number of hydrogen-bond donors (Lipinski definition) is 2. The third kappa shape index (κ3) is 6.10. The number of aromatic amines is 1. The summed E-state index contributed by atoms with van der Waals surface area (Å²) in [6, 6.07) is 11.4. The molecule has 0 saturated carbocycles.